The Morgan fingerprint density at radius 2 is 2.32 bits per heavy atom. The van der Waals surface area contributed by atoms with Gasteiger partial charge >= 0.3 is 0 Å². The average Bonchev–Trinajstić information content (AvgIpc) is 2.51. The fourth-order valence-electron chi connectivity index (χ4n) is 1.68. The van der Waals surface area contributed by atoms with Gasteiger partial charge in [-0.3, -0.25) is 10.2 Å². The number of rotatable bonds is 5. The first-order valence-electron chi connectivity index (χ1n) is 6.50. The molecular formula is C14H15ClN4O3. The Labute approximate surface area is 131 Å². The van der Waals surface area contributed by atoms with Crippen LogP contribution in [0.15, 0.2) is 34.3 Å². The van der Waals surface area contributed by atoms with Crippen LogP contribution in [0, 0.1) is 0 Å². The molecule has 0 atom stereocenters. The van der Waals surface area contributed by atoms with E-state index in [1.807, 2.05) is 6.92 Å². The molecular weight excluding hydrogens is 308 g/mol. The van der Waals surface area contributed by atoms with Crippen molar-refractivity contribution in [2.24, 2.45) is 12.1 Å². The third kappa shape index (κ3) is 3.37. The molecule has 0 fully saturated rings. The first-order valence-corrected chi connectivity index (χ1v) is 6.88. The van der Waals surface area contributed by atoms with E-state index in [-0.39, 0.29) is 16.5 Å². The molecule has 1 aromatic heterocycles. The molecule has 0 bridgehead atoms. The minimum atomic E-state index is -0.428. The summed E-state index contributed by atoms with van der Waals surface area (Å²) in [6.45, 7) is 2.27. The summed E-state index contributed by atoms with van der Waals surface area (Å²) < 4.78 is 6.40. The van der Waals surface area contributed by atoms with Crippen LogP contribution in [0.3, 0.4) is 0 Å². The number of hydrogen-bond acceptors (Lipinski definition) is 6. The zero-order valence-corrected chi connectivity index (χ0v) is 12.8. The zero-order valence-electron chi connectivity index (χ0n) is 12.1. The quantitative estimate of drug-likeness (QED) is 0.649. The van der Waals surface area contributed by atoms with Gasteiger partial charge in [0.2, 0.25) is 0 Å². The van der Waals surface area contributed by atoms with Crippen LogP contribution in [0.2, 0.25) is 5.02 Å². The number of hydrazone groups is 1. The number of halogens is 1. The Balaban J connectivity index is 2.19. The van der Waals surface area contributed by atoms with E-state index in [2.05, 4.69) is 15.6 Å². The second kappa shape index (κ2) is 6.95. The van der Waals surface area contributed by atoms with Crippen LogP contribution >= 0.6 is 11.6 Å². The summed E-state index contributed by atoms with van der Waals surface area (Å²) in [7, 11) is 1.50. The average molecular weight is 323 g/mol. The topological polar surface area (TPSA) is 88.7 Å². The lowest BCUT2D eigenvalue weighted by Crippen LogP contribution is -2.20. The summed E-state index contributed by atoms with van der Waals surface area (Å²) in [5, 5.41) is 17.8. The lowest BCUT2D eigenvalue weighted by Gasteiger charge is -2.07. The molecule has 116 valence electrons. The molecule has 1 aromatic carbocycles. The van der Waals surface area contributed by atoms with Crippen LogP contribution in [0.25, 0.3) is 0 Å². The summed E-state index contributed by atoms with van der Waals surface area (Å²) in [6.07, 6.45) is 2.78. The number of aryl methyl sites for hydroxylation is 1. The van der Waals surface area contributed by atoms with Crippen molar-refractivity contribution in [2.45, 2.75) is 6.92 Å². The van der Waals surface area contributed by atoms with Crippen molar-refractivity contribution in [3.8, 4) is 11.5 Å². The van der Waals surface area contributed by atoms with E-state index >= 15 is 0 Å². The maximum atomic E-state index is 11.6. The third-order valence-electron chi connectivity index (χ3n) is 2.80. The van der Waals surface area contributed by atoms with Crippen LogP contribution in [-0.2, 0) is 7.05 Å². The highest BCUT2D eigenvalue weighted by Crippen LogP contribution is 2.28. The molecule has 8 heteroatoms. The SMILES string of the molecule is CCOc1cccc(/C=N\Nc2cnn(C)c(=O)c2Cl)c1O. The van der Waals surface area contributed by atoms with Crippen molar-refractivity contribution < 1.29 is 9.84 Å². The molecule has 0 aliphatic carbocycles. The Kier molecular flexibility index (Phi) is 5.00. The van der Waals surface area contributed by atoms with Crippen LogP contribution in [0.5, 0.6) is 11.5 Å². The number of anilines is 1. The molecule has 22 heavy (non-hydrogen) atoms. The number of benzene rings is 1. The van der Waals surface area contributed by atoms with Gasteiger partial charge in [-0.05, 0) is 19.1 Å². The molecule has 0 aliphatic heterocycles. The first-order chi connectivity index (χ1) is 10.5. The molecule has 0 unspecified atom stereocenters. The fraction of sp³-hybridized carbons (Fsp3) is 0.214. The van der Waals surface area contributed by atoms with E-state index in [4.69, 9.17) is 16.3 Å². The molecule has 0 spiro atoms. The van der Waals surface area contributed by atoms with Gasteiger partial charge in [-0.15, -0.1) is 0 Å². The van der Waals surface area contributed by atoms with Gasteiger partial charge in [0.25, 0.3) is 5.56 Å². The molecule has 0 amide bonds. The largest absolute Gasteiger partial charge is 0.504 e. The number of aromatic nitrogens is 2. The lowest BCUT2D eigenvalue weighted by atomic mass is 10.2. The Morgan fingerprint density at radius 3 is 3.05 bits per heavy atom. The van der Waals surface area contributed by atoms with Crippen molar-refractivity contribution in [1.29, 1.82) is 0 Å². The van der Waals surface area contributed by atoms with Gasteiger partial charge in [0.1, 0.15) is 10.7 Å². The minimum Gasteiger partial charge on any atom is -0.504 e. The van der Waals surface area contributed by atoms with Crippen molar-refractivity contribution in [2.75, 3.05) is 12.0 Å². The Morgan fingerprint density at radius 1 is 1.55 bits per heavy atom. The van der Waals surface area contributed by atoms with Crippen LogP contribution < -0.4 is 15.7 Å². The third-order valence-corrected chi connectivity index (χ3v) is 3.16. The van der Waals surface area contributed by atoms with E-state index in [9.17, 15) is 9.90 Å². The maximum Gasteiger partial charge on any atom is 0.287 e. The van der Waals surface area contributed by atoms with Crippen LogP contribution in [-0.4, -0.2) is 27.7 Å². The van der Waals surface area contributed by atoms with E-state index in [0.29, 0.717) is 17.9 Å². The van der Waals surface area contributed by atoms with Gasteiger partial charge in [-0.2, -0.15) is 10.2 Å². The van der Waals surface area contributed by atoms with Crippen molar-refractivity contribution in [3.05, 3.63) is 45.3 Å². The highest BCUT2D eigenvalue weighted by Gasteiger charge is 2.07. The molecule has 2 aromatic rings. The Bertz CT molecular complexity index is 758. The molecule has 0 radical (unpaired) electrons. The summed E-state index contributed by atoms with van der Waals surface area (Å²) in [5.74, 6) is 0.364. The number of nitrogens with one attached hydrogen (secondary N) is 1. The zero-order chi connectivity index (χ0) is 16.1. The number of nitrogens with zero attached hydrogens (tertiary/aromatic N) is 3. The first kappa shape index (κ1) is 15.8. The molecule has 0 aliphatic rings. The number of phenols is 1. The second-order valence-electron chi connectivity index (χ2n) is 4.30. The predicted octanol–water partition coefficient (Wildman–Crippen LogP) is 1.98. The predicted molar refractivity (Wildman–Crippen MR) is 85.0 cm³/mol. The molecule has 2 rings (SSSR count). The maximum absolute atomic E-state index is 11.6. The van der Waals surface area contributed by atoms with Gasteiger partial charge in [0, 0.05) is 12.6 Å². The lowest BCUT2D eigenvalue weighted by molar-refractivity contribution is 0.318. The van der Waals surface area contributed by atoms with Gasteiger partial charge in [0.05, 0.1) is 19.0 Å². The van der Waals surface area contributed by atoms with E-state index < -0.39 is 5.56 Å². The van der Waals surface area contributed by atoms with Gasteiger partial charge in [-0.1, -0.05) is 17.7 Å². The monoisotopic (exact) mass is 322 g/mol. The van der Waals surface area contributed by atoms with E-state index in [1.165, 1.54) is 19.5 Å². The molecule has 0 saturated carbocycles. The smallest absolute Gasteiger partial charge is 0.287 e. The van der Waals surface area contributed by atoms with Crippen molar-refractivity contribution in [1.82, 2.24) is 9.78 Å². The second-order valence-corrected chi connectivity index (χ2v) is 4.68. The molecule has 1 heterocycles. The standard InChI is InChI=1S/C14H15ClN4O3/c1-3-22-11-6-4-5-9(13(11)20)7-16-18-10-8-17-19(2)14(21)12(10)15/h4-8,18,20H,3H2,1-2H3/b16-7-. The summed E-state index contributed by atoms with van der Waals surface area (Å²) in [6, 6.07) is 5.07. The molecule has 0 saturated heterocycles. The number of aromatic hydroxyl groups is 1. The normalized spacial score (nSPS) is 10.9. The van der Waals surface area contributed by atoms with Gasteiger partial charge in [-0.25, -0.2) is 4.68 Å². The Hall–Kier alpha value is -2.54. The number of hydrogen-bond donors (Lipinski definition) is 2. The summed E-state index contributed by atoms with van der Waals surface area (Å²) in [4.78, 5) is 11.6. The number of para-hydroxylation sites is 1. The van der Waals surface area contributed by atoms with Crippen LogP contribution in [0.1, 0.15) is 12.5 Å². The number of ether oxygens (including phenoxy) is 1. The van der Waals surface area contributed by atoms with Crippen molar-refractivity contribution >= 4 is 23.5 Å². The highest BCUT2D eigenvalue weighted by molar-refractivity contribution is 6.32. The highest BCUT2D eigenvalue weighted by atomic mass is 35.5. The molecule has 2 N–H and O–H groups in total. The number of phenolic OH excluding ortho intramolecular Hbond substituents is 1. The minimum absolute atomic E-state index is 0.0110. The fourth-order valence-corrected chi connectivity index (χ4v) is 1.89. The molecule has 7 nitrogen and oxygen atoms in total. The van der Waals surface area contributed by atoms with Gasteiger partial charge in [0.15, 0.2) is 11.5 Å². The van der Waals surface area contributed by atoms with Gasteiger partial charge < -0.3 is 9.84 Å². The van der Waals surface area contributed by atoms with Crippen molar-refractivity contribution in [3.63, 3.8) is 0 Å². The van der Waals surface area contributed by atoms with Crippen LogP contribution in [0.4, 0.5) is 5.69 Å². The summed E-state index contributed by atoms with van der Waals surface area (Å²) in [5.41, 5.74) is 2.93. The summed E-state index contributed by atoms with van der Waals surface area (Å²) >= 11 is 5.90. The van der Waals surface area contributed by atoms with E-state index in [0.717, 1.165) is 4.68 Å². The van der Waals surface area contributed by atoms with E-state index in [1.54, 1.807) is 18.2 Å².